The van der Waals surface area contributed by atoms with E-state index in [1.165, 1.54) is 13.0 Å². The molecule has 0 aromatic carbocycles. The molecule has 0 aliphatic rings. The molecule has 0 heterocycles. The van der Waals surface area contributed by atoms with E-state index in [0.717, 1.165) is 0 Å². The molecule has 0 atom stereocenters. The number of hydrogen-bond acceptors (Lipinski definition) is 1. The van der Waals surface area contributed by atoms with Crippen molar-refractivity contribution in [3.05, 3.63) is 24.1 Å². The van der Waals surface area contributed by atoms with Crippen LogP contribution in [0.1, 0.15) is 13.3 Å². The average Bonchev–Trinajstić information content (AvgIpc) is 1.87. The zero-order valence-electron chi connectivity index (χ0n) is 5.72. The zero-order valence-corrected chi connectivity index (χ0v) is 5.72. The van der Waals surface area contributed by atoms with Crippen LogP contribution in [0.5, 0.6) is 0 Å². The molecule has 0 spiro atoms. The number of carbonyl (C=O) groups is 1. The minimum absolute atomic E-state index is 0.197. The summed E-state index contributed by atoms with van der Waals surface area (Å²) < 4.78 is 12.3. The summed E-state index contributed by atoms with van der Waals surface area (Å²) in [5.74, 6) is -2.60. The highest BCUT2D eigenvalue weighted by Gasteiger charge is 2.07. The number of carboxylic acids is 1. The Kier molecular flexibility index (Phi) is 3.39. The molecule has 0 saturated heterocycles. The third kappa shape index (κ3) is 2.44. The van der Waals surface area contributed by atoms with Crippen molar-refractivity contribution in [3.63, 3.8) is 0 Å². The fraction of sp³-hybridized carbons (Fsp3) is 0.286. The molecule has 1 N–H and O–H groups in total. The van der Waals surface area contributed by atoms with Gasteiger partial charge < -0.3 is 5.11 Å². The zero-order chi connectivity index (χ0) is 8.15. The first-order valence-corrected chi connectivity index (χ1v) is 2.79. The summed E-state index contributed by atoms with van der Waals surface area (Å²) in [5.41, 5.74) is 0.197. The molecule has 0 radical (unpaired) electrons. The fourth-order valence-corrected chi connectivity index (χ4v) is 0.489. The van der Waals surface area contributed by atoms with Gasteiger partial charge in [-0.05, 0) is 18.9 Å². The highest BCUT2D eigenvalue weighted by Crippen LogP contribution is 2.09. The summed E-state index contributed by atoms with van der Waals surface area (Å²) in [6.45, 7) is 4.77. The largest absolute Gasteiger partial charge is 0.476 e. The molecule has 0 bridgehead atoms. The van der Waals surface area contributed by atoms with Crippen molar-refractivity contribution in [2.45, 2.75) is 13.3 Å². The molecule has 2 nitrogen and oxygen atoms in total. The molecular formula is C7H9FO2. The lowest BCUT2D eigenvalue weighted by atomic mass is 10.2. The minimum Gasteiger partial charge on any atom is -0.476 e. The van der Waals surface area contributed by atoms with Crippen molar-refractivity contribution < 1.29 is 14.3 Å². The van der Waals surface area contributed by atoms with Crippen molar-refractivity contribution in [3.8, 4) is 0 Å². The Morgan fingerprint density at radius 2 is 2.30 bits per heavy atom. The number of carboxylic acid groups (broad SMARTS) is 1. The smallest absolute Gasteiger partial charge is 0.364 e. The number of allylic oxidation sites excluding steroid dienone is 2. The van der Waals surface area contributed by atoms with Gasteiger partial charge >= 0.3 is 5.97 Å². The second-order valence-corrected chi connectivity index (χ2v) is 1.89. The number of rotatable bonds is 3. The first-order valence-electron chi connectivity index (χ1n) is 2.79. The fourth-order valence-electron chi connectivity index (χ4n) is 0.489. The molecule has 0 saturated carbocycles. The Morgan fingerprint density at radius 3 is 2.60 bits per heavy atom. The molecule has 0 rings (SSSR count). The lowest BCUT2D eigenvalue weighted by Crippen LogP contribution is -1.97. The van der Waals surface area contributed by atoms with Gasteiger partial charge in [0.15, 0.2) is 0 Å². The van der Waals surface area contributed by atoms with Gasteiger partial charge in [-0.1, -0.05) is 6.08 Å². The second kappa shape index (κ2) is 3.82. The van der Waals surface area contributed by atoms with Crippen molar-refractivity contribution in [1.29, 1.82) is 0 Å². The van der Waals surface area contributed by atoms with Gasteiger partial charge in [0.1, 0.15) is 0 Å². The van der Waals surface area contributed by atoms with Gasteiger partial charge in [0.05, 0.1) is 0 Å². The lowest BCUT2D eigenvalue weighted by Gasteiger charge is -1.94. The first-order chi connectivity index (χ1) is 4.59. The molecule has 56 valence electrons. The highest BCUT2D eigenvalue weighted by atomic mass is 19.1. The molecule has 0 fully saturated rings. The van der Waals surface area contributed by atoms with E-state index in [9.17, 15) is 9.18 Å². The molecule has 0 unspecified atom stereocenters. The Hall–Kier alpha value is -1.12. The topological polar surface area (TPSA) is 37.3 Å². The third-order valence-corrected chi connectivity index (χ3v) is 1.01. The molecule has 3 heteroatoms. The van der Waals surface area contributed by atoms with E-state index in [-0.39, 0.29) is 12.0 Å². The van der Waals surface area contributed by atoms with Crippen LogP contribution in [-0.2, 0) is 4.79 Å². The maximum Gasteiger partial charge on any atom is 0.364 e. The van der Waals surface area contributed by atoms with Crippen LogP contribution in [0.4, 0.5) is 4.39 Å². The summed E-state index contributed by atoms with van der Waals surface area (Å²) in [6.07, 6.45) is 1.73. The number of aliphatic carboxylic acids is 1. The van der Waals surface area contributed by atoms with Crippen LogP contribution in [0, 0.1) is 0 Å². The van der Waals surface area contributed by atoms with Crippen LogP contribution in [0.25, 0.3) is 0 Å². The van der Waals surface area contributed by atoms with E-state index in [1.807, 2.05) is 0 Å². The van der Waals surface area contributed by atoms with E-state index < -0.39 is 11.8 Å². The third-order valence-electron chi connectivity index (χ3n) is 1.01. The lowest BCUT2D eigenvalue weighted by molar-refractivity contribution is -0.134. The average molecular weight is 144 g/mol. The maximum absolute atomic E-state index is 12.3. The predicted octanol–water partition coefficient (Wildman–Crippen LogP) is 1.89. The molecule has 0 amide bonds. The van der Waals surface area contributed by atoms with Gasteiger partial charge in [0.25, 0.3) is 0 Å². The van der Waals surface area contributed by atoms with Gasteiger partial charge in [-0.3, -0.25) is 0 Å². The van der Waals surface area contributed by atoms with Crippen molar-refractivity contribution >= 4 is 5.97 Å². The number of halogens is 1. The number of hydrogen-bond donors (Lipinski definition) is 1. The molecular weight excluding hydrogens is 135 g/mol. The Balaban J connectivity index is 4.33. The van der Waals surface area contributed by atoms with E-state index in [2.05, 4.69) is 6.58 Å². The molecule has 0 aromatic heterocycles. The summed E-state index contributed by atoms with van der Waals surface area (Å²) >= 11 is 0. The maximum atomic E-state index is 12.3. The minimum atomic E-state index is -1.51. The van der Waals surface area contributed by atoms with Crippen LogP contribution in [0.15, 0.2) is 24.1 Å². The van der Waals surface area contributed by atoms with Crippen LogP contribution < -0.4 is 0 Å². The quantitative estimate of drug-likeness (QED) is 0.485. The molecule has 0 aromatic rings. The van der Waals surface area contributed by atoms with Gasteiger partial charge in [-0.15, -0.1) is 6.58 Å². The summed E-state index contributed by atoms with van der Waals surface area (Å²) in [7, 11) is 0. The molecule has 0 aliphatic carbocycles. The van der Waals surface area contributed by atoms with Crippen LogP contribution in [0.3, 0.4) is 0 Å². The highest BCUT2D eigenvalue weighted by molar-refractivity contribution is 5.84. The van der Waals surface area contributed by atoms with Crippen LogP contribution in [-0.4, -0.2) is 11.1 Å². The first kappa shape index (κ1) is 8.88. The standard InChI is InChI=1S/C7H9FO2/c1-3-4-5(2)6(8)7(9)10/h3H,1,4H2,2H3,(H,9,10)/b6-5-. The SMILES string of the molecule is C=CC/C(C)=C(\F)C(=O)O. The van der Waals surface area contributed by atoms with Crippen LogP contribution >= 0.6 is 0 Å². The predicted molar refractivity (Wildman–Crippen MR) is 36.3 cm³/mol. The van der Waals surface area contributed by atoms with Gasteiger partial charge in [0.2, 0.25) is 5.83 Å². The Morgan fingerprint density at radius 1 is 1.80 bits per heavy atom. The van der Waals surface area contributed by atoms with E-state index in [0.29, 0.717) is 0 Å². The Bertz CT molecular complexity index is 182. The van der Waals surface area contributed by atoms with E-state index in [4.69, 9.17) is 5.11 Å². The summed E-state index contributed by atoms with van der Waals surface area (Å²) in [4.78, 5) is 9.95. The Labute approximate surface area is 58.7 Å². The van der Waals surface area contributed by atoms with Crippen molar-refractivity contribution in [1.82, 2.24) is 0 Å². The van der Waals surface area contributed by atoms with Crippen LogP contribution in [0.2, 0.25) is 0 Å². The summed E-state index contributed by atoms with van der Waals surface area (Å²) in [6, 6.07) is 0. The van der Waals surface area contributed by atoms with Crippen molar-refractivity contribution in [2.75, 3.05) is 0 Å². The van der Waals surface area contributed by atoms with Crippen molar-refractivity contribution in [2.24, 2.45) is 0 Å². The van der Waals surface area contributed by atoms with Gasteiger partial charge in [-0.25, -0.2) is 4.79 Å². The van der Waals surface area contributed by atoms with E-state index in [1.54, 1.807) is 0 Å². The molecule has 10 heavy (non-hydrogen) atoms. The van der Waals surface area contributed by atoms with Gasteiger partial charge in [0, 0.05) is 0 Å². The van der Waals surface area contributed by atoms with Gasteiger partial charge in [-0.2, -0.15) is 4.39 Å². The van der Waals surface area contributed by atoms with E-state index >= 15 is 0 Å². The normalized spacial score (nSPS) is 12.2. The monoisotopic (exact) mass is 144 g/mol. The summed E-state index contributed by atoms with van der Waals surface area (Å²) in [5, 5.41) is 8.11. The molecule has 0 aliphatic heterocycles. The second-order valence-electron chi connectivity index (χ2n) is 1.89.